The van der Waals surface area contributed by atoms with Crippen molar-refractivity contribution in [2.75, 3.05) is 5.32 Å². The number of carbonyl (C=O) groups is 1. The average molecular weight is 373 g/mol. The number of fused-ring (bicyclic) bond motifs is 1. The van der Waals surface area contributed by atoms with Gasteiger partial charge in [0.2, 0.25) is 5.91 Å². The molecular weight excluding hydrogens is 360 g/mol. The fourth-order valence-electron chi connectivity index (χ4n) is 2.14. The van der Waals surface area contributed by atoms with Crippen LogP contribution in [0.25, 0.3) is 10.9 Å². The van der Waals surface area contributed by atoms with Gasteiger partial charge in [-0.2, -0.15) is 0 Å². The first-order valence-corrected chi connectivity index (χ1v) is 7.78. The predicted molar refractivity (Wildman–Crippen MR) is 91.2 cm³/mol. The molecule has 0 aliphatic heterocycles. The van der Waals surface area contributed by atoms with Gasteiger partial charge >= 0.3 is 0 Å². The van der Waals surface area contributed by atoms with E-state index in [2.05, 4.69) is 31.2 Å². The molecule has 6 nitrogen and oxygen atoms in total. The number of rotatable bonds is 4. The van der Waals surface area contributed by atoms with Gasteiger partial charge in [0, 0.05) is 23.6 Å². The SMILES string of the molecule is O=C(CCn1cnc2ccccc2c1=O)Nc1ccc(Br)cn1. The molecule has 0 unspecified atom stereocenters. The molecule has 3 aromatic rings. The quantitative estimate of drug-likeness (QED) is 0.763. The lowest BCUT2D eigenvalue weighted by molar-refractivity contribution is -0.116. The minimum atomic E-state index is -0.208. The number of anilines is 1. The number of amides is 1. The second-order valence-electron chi connectivity index (χ2n) is 4.92. The van der Waals surface area contributed by atoms with Crippen LogP contribution in [0, 0.1) is 0 Å². The maximum Gasteiger partial charge on any atom is 0.261 e. The van der Waals surface area contributed by atoms with E-state index < -0.39 is 0 Å². The van der Waals surface area contributed by atoms with E-state index in [4.69, 9.17) is 0 Å². The number of aryl methyl sites for hydroxylation is 1. The Bertz CT molecular complexity index is 906. The largest absolute Gasteiger partial charge is 0.311 e. The molecule has 0 fully saturated rings. The Balaban J connectivity index is 1.68. The van der Waals surface area contributed by atoms with Crippen molar-refractivity contribution in [2.24, 2.45) is 0 Å². The van der Waals surface area contributed by atoms with Crippen LogP contribution in [-0.2, 0) is 11.3 Å². The summed E-state index contributed by atoms with van der Waals surface area (Å²) in [5.74, 6) is 0.266. The summed E-state index contributed by atoms with van der Waals surface area (Å²) < 4.78 is 2.28. The standard InChI is InChI=1S/C16H13BrN4O2/c17-11-5-6-14(18-9-11)20-15(22)7-8-21-10-19-13-4-2-1-3-12(13)16(21)23/h1-6,9-10H,7-8H2,(H,18,20,22). The third-order valence-electron chi connectivity index (χ3n) is 3.31. The zero-order valence-electron chi connectivity index (χ0n) is 12.1. The number of nitrogens with zero attached hydrogens (tertiary/aromatic N) is 3. The second kappa shape index (κ2) is 6.70. The van der Waals surface area contributed by atoms with Crippen LogP contribution in [-0.4, -0.2) is 20.4 Å². The molecule has 0 atom stereocenters. The van der Waals surface area contributed by atoms with E-state index in [1.54, 1.807) is 36.5 Å². The van der Waals surface area contributed by atoms with E-state index >= 15 is 0 Å². The van der Waals surface area contributed by atoms with Crippen LogP contribution in [0.15, 0.2) is 58.2 Å². The van der Waals surface area contributed by atoms with Crippen molar-refractivity contribution in [3.8, 4) is 0 Å². The van der Waals surface area contributed by atoms with Crippen LogP contribution in [0.4, 0.5) is 5.82 Å². The highest BCUT2D eigenvalue weighted by Gasteiger charge is 2.07. The van der Waals surface area contributed by atoms with Crippen molar-refractivity contribution in [2.45, 2.75) is 13.0 Å². The lowest BCUT2D eigenvalue weighted by Crippen LogP contribution is -2.23. The number of para-hydroxylation sites is 1. The molecule has 0 saturated heterocycles. The Morgan fingerprint density at radius 1 is 1.17 bits per heavy atom. The van der Waals surface area contributed by atoms with E-state index in [9.17, 15) is 9.59 Å². The molecule has 116 valence electrons. The lowest BCUT2D eigenvalue weighted by Gasteiger charge is -2.07. The number of aromatic nitrogens is 3. The fourth-order valence-corrected chi connectivity index (χ4v) is 2.38. The van der Waals surface area contributed by atoms with E-state index in [0.717, 1.165) is 4.47 Å². The van der Waals surface area contributed by atoms with Crippen molar-refractivity contribution in [3.05, 3.63) is 63.7 Å². The topological polar surface area (TPSA) is 76.9 Å². The molecule has 23 heavy (non-hydrogen) atoms. The monoisotopic (exact) mass is 372 g/mol. The lowest BCUT2D eigenvalue weighted by atomic mass is 10.2. The highest BCUT2D eigenvalue weighted by Crippen LogP contribution is 2.10. The fraction of sp³-hybridized carbons (Fsp3) is 0.125. The molecule has 0 bridgehead atoms. The molecular formula is C16H13BrN4O2. The van der Waals surface area contributed by atoms with Crippen LogP contribution in [0.3, 0.4) is 0 Å². The van der Waals surface area contributed by atoms with Gasteiger partial charge in [0.15, 0.2) is 0 Å². The molecule has 0 aliphatic rings. The zero-order chi connectivity index (χ0) is 16.2. The molecule has 0 spiro atoms. The molecule has 0 aliphatic carbocycles. The summed E-state index contributed by atoms with van der Waals surface area (Å²) in [4.78, 5) is 32.6. The number of pyridine rings is 1. The first-order chi connectivity index (χ1) is 11.1. The van der Waals surface area contributed by atoms with Crippen LogP contribution >= 0.6 is 15.9 Å². The third-order valence-corrected chi connectivity index (χ3v) is 3.78. The Kier molecular flexibility index (Phi) is 4.47. The number of hydrogen-bond acceptors (Lipinski definition) is 4. The van der Waals surface area contributed by atoms with Gasteiger partial charge in [-0.1, -0.05) is 12.1 Å². The third kappa shape index (κ3) is 3.62. The number of hydrogen-bond donors (Lipinski definition) is 1. The van der Waals surface area contributed by atoms with Gasteiger partial charge < -0.3 is 5.32 Å². The number of halogens is 1. The van der Waals surface area contributed by atoms with Gasteiger partial charge in [-0.3, -0.25) is 14.2 Å². The number of benzene rings is 1. The van der Waals surface area contributed by atoms with Crippen LogP contribution in [0.5, 0.6) is 0 Å². The molecule has 2 aromatic heterocycles. The van der Waals surface area contributed by atoms with E-state index in [-0.39, 0.29) is 24.4 Å². The van der Waals surface area contributed by atoms with Gasteiger partial charge in [-0.25, -0.2) is 9.97 Å². The van der Waals surface area contributed by atoms with Gasteiger partial charge in [-0.15, -0.1) is 0 Å². The summed E-state index contributed by atoms with van der Waals surface area (Å²) in [7, 11) is 0. The molecule has 3 rings (SSSR count). The smallest absolute Gasteiger partial charge is 0.261 e. The van der Waals surface area contributed by atoms with Crippen LogP contribution in [0.2, 0.25) is 0 Å². The van der Waals surface area contributed by atoms with Gasteiger partial charge in [-0.05, 0) is 40.2 Å². The predicted octanol–water partition coefficient (Wildman–Crippen LogP) is 2.58. The van der Waals surface area contributed by atoms with Crippen molar-refractivity contribution in [3.63, 3.8) is 0 Å². The molecule has 1 amide bonds. The zero-order valence-corrected chi connectivity index (χ0v) is 13.7. The second-order valence-corrected chi connectivity index (χ2v) is 5.84. The van der Waals surface area contributed by atoms with Gasteiger partial charge in [0.25, 0.3) is 5.56 Å². The summed E-state index contributed by atoms with van der Waals surface area (Å²) in [5.41, 5.74) is 0.502. The molecule has 1 N–H and O–H groups in total. The van der Waals surface area contributed by atoms with Crippen molar-refractivity contribution in [1.29, 1.82) is 0 Å². The minimum absolute atomic E-state index is 0.148. The van der Waals surface area contributed by atoms with Crippen molar-refractivity contribution in [1.82, 2.24) is 14.5 Å². The number of carbonyl (C=O) groups excluding carboxylic acids is 1. The molecule has 0 radical (unpaired) electrons. The van der Waals surface area contributed by atoms with E-state index in [1.807, 2.05) is 6.07 Å². The van der Waals surface area contributed by atoms with Gasteiger partial charge in [0.05, 0.1) is 17.2 Å². The molecule has 7 heteroatoms. The van der Waals surface area contributed by atoms with Gasteiger partial charge in [0.1, 0.15) is 5.82 Å². The van der Waals surface area contributed by atoms with E-state index in [1.165, 1.54) is 10.9 Å². The number of nitrogens with one attached hydrogen (secondary N) is 1. The highest BCUT2D eigenvalue weighted by atomic mass is 79.9. The first-order valence-electron chi connectivity index (χ1n) is 6.99. The minimum Gasteiger partial charge on any atom is -0.311 e. The van der Waals surface area contributed by atoms with Crippen LogP contribution in [0.1, 0.15) is 6.42 Å². The summed E-state index contributed by atoms with van der Waals surface area (Å²) in [6.07, 6.45) is 3.24. The molecule has 2 heterocycles. The Labute approximate surface area is 140 Å². The van der Waals surface area contributed by atoms with Crippen LogP contribution < -0.4 is 10.9 Å². The molecule has 1 aromatic carbocycles. The summed E-state index contributed by atoms with van der Waals surface area (Å²) in [6.45, 7) is 0.263. The van der Waals surface area contributed by atoms with Crippen molar-refractivity contribution < 1.29 is 4.79 Å². The molecule has 0 saturated carbocycles. The Hall–Kier alpha value is -2.54. The Morgan fingerprint density at radius 3 is 2.78 bits per heavy atom. The van der Waals surface area contributed by atoms with Crippen molar-refractivity contribution >= 4 is 38.6 Å². The average Bonchev–Trinajstić information content (AvgIpc) is 2.57. The van der Waals surface area contributed by atoms with E-state index in [0.29, 0.717) is 16.7 Å². The normalized spacial score (nSPS) is 10.7. The maximum absolute atomic E-state index is 12.3. The summed E-state index contributed by atoms with van der Waals surface area (Å²) >= 11 is 3.28. The first kappa shape index (κ1) is 15.4. The summed E-state index contributed by atoms with van der Waals surface area (Å²) in [5, 5.41) is 3.24. The summed E-state index contributed by atoms with van der Waals surface area (Å²) in [6, 6.07) is 10.6. The highest BCUT2D eigenvalue weighted by molar-refractivity contribution is 9.10. The maximum atomic E-state index is 12.3. The Morgan fingerprint density at radius 2 is 2.00 bits per heavy atom.